The first kappa shape index (κ1) is 69.3. The maximum absolute atomic E-state index is 17.4. The topological polar surface area (TPSA) is 33.6 Å². The van der Waals surface area contributed by atoms with Crippen molar-refractivity contribution in [3.05, 3.63) is 238 Å². The molecule has 2 heterocycles. The first-order chi connectivity index (χ1) is 46.1. The van der Waals surface area contributed by atoms with Crippen molar-refractivity contribution in [3.63, 3.8) is 0 Å². The number of fused-ring (bicyclic) bond motifs is 6. The van der Waals surface area contributed by atoms with E-state index in [9.17, 15) is 111 Å². The van der Waals surface area contributed by atoms with Gasteiger partial charge in [0.2, 0.25) is 0 Å². The van der Waals surface area contributed by atoms with E-state index in [1.807, 2.05) is 0 Å². The van der Waals surface area contributed by atoms with E-state index in [0.717, 1.165) is 109 Å². The summed E-state index contributed by atoms with van der Waals surface area (Å²) in [7, 11) is 0. The van der Waals surface area contributed by atoms with Crippen LogP contribution in [0.25, 0.3) is 111 Å². The maximum Gasteiger partial charge on any atom is 0.420 e. The Hall–Kier alpha value is -10.6. The van der Waals surface area contributed by atoms with Crippen molar-refractivity contribution in [2.24, 2.45) is 0 Å². The largest absolute Gasteiger partial charge is 0.420 e. The molecule has 0 radical (unpaired) electrons. The van der Waals surface area contributed by atoms with Crippen LogP contribution in [0.5, 0.6) is 0 Å². The molecule has 12 aromatic rings. The summed E-state index contributed by atoms with van der Waals surface area (Å²) < 4.78 is 401. The molecule has 0 atom stereocenters. The normalized spacial score (nSPS) is 13.3. The first-order valence-electron chi connectivity index (χ1n) is 28.3. The second kappa shape index (κ2) is 23.3. The molecule has 0 aliphatic heterocycles. The monoisotopic (exact) mass is 1430 g/mol. The van der Waals surface area contributed by atoms with Crippen molar-refractivity contribution >= 4 is 43.6 Å². The van der Waals surface area contributed by atoms with Gasteiger partial charge >= 0.3 is 55.6 Å². The fraction of sp³-hybridized carbons (Fsp3) is 0.129. The lowest BCUT2D eigenvalue weighted by atomic mass is 9.97. The summed E-state index contributed by atoms with van der Waals surface area (Å²) in [5.74, 6) is 0. The van der Waals surface area contributed by atoms with Crippen LogP contribution in [-0.4, -0.2) is 9.13 Å². The second-order valence-corrected chi connectivity index (χ2v) is 22.9. The van der Waals surface area contributed by atoms with Crippen LogP contribution in [0.2, 0.25) is 0 Å². The molecule has 12 rings (SSSR count). The fourth-order valence-electron chi connectivity index (χ4n) is 11.9. The highest BCUT2D eigenvalue weighted by Crippen LogP contribution is 2.51. The van der Waals surface area contributed by atoms with E-state index < -0.39 is 189 Å². The molecule has 514 valence electrons. The molecule has 0 saturated carbocycles. The SMILES string of the molecule is N#Cc1ccc(-c2cc(-n3c4cc(-c5cc(C(F)(F)F)cc(C(F)(F)F)c5)ccc4c4ccc(-c5cc(C(F)(F)F)cc(C(F)(F)F)c5)cc43)c(C(F)(F)F)c(-n3c4cc(-c5cc(C(F)(F)F)cc(C(F)(F)F)c5)ccc4c4ccc(-c5cc(C(F)(F)F)cc(C(F)(F)F)c5)cc43)c2)cc1. The number of hydrogen-bond acceptors (Lipinski definition) is 1. The summed E-state index contributed by atoms with van der Waals surface area (Å²) in [5.41, 5.74) is -29.1. The summed E-state index contributed by atoms with van der Waals surface area (Å²) >= 11 is 0. The van der Waals surface area contributed by atoms with Gasteiger partial charge in [0, 0.05) is 21.5 Å². The van der Waals surface area contributed by atoms with Crippen molar-refractivity contribution in [2.45, 2.75) is 55.6 Å². The van der Waals surface area contributed by atoms with Crippen molar-refractivity contribution in [1.82, 2.24) is 9.13 Å². The van der Waals surface area contributed by atoms with Gasteiger partial charge in [-0.2, -0.15) is 124 Å². The van der Waals surface area contributed by atoms with Gasteiger partial charge in [-0.05, 0) is 177 Å². The minimum atomic E-state index is -5.96. The molecule has 2 aromatic heterocycles. The number of benzene rings is 10. The molecule has 10 aromatic carbocycles. The highest BCUT2D eigenvalue weighted by Gasteiger charge is 2.44. The molecule has 0 saturated heterocycles. The predicted molar refractivity (Wildman–Crippen MR) is 312 cm³/mol. The lowest BCUT2D eigenvalue weighted by Crippen LogP contribution is -2.16. The first-order valence-corrected chi connectivity index (χ1v) is 28.3. The lowest BCUT2D eigenvalue weighted by molar-refractivity contribution is -0.144. The fourth-order valence-corrected chi connectivity index (χ4v) is 11.9. The van der Waals surface area contributed by atoms with Crippen molar-refractivity contribution < 1.29 is 119 Å². The Morgan fingerprint density at radius 3 is 0.600 bits per heavy atom. The van der Waals surface area contributed by atoms with Crippen LogP contribution < -0.4 is 0 Å². The third-order valence-corrected chi connectivity index (χ3v) is 16.4. The molecule has 0 amide bonds. The van der Waals surface area contributed by atoms with E-state index in [2.05, 4.69) is 0 Å². The van der Waals surface area contributed by atoms with Crippen molar-refractivity contribution in [2.75, 3.05) is 0 Å². The van der Waals surface area contributed by atoms with E-state index in [1.165, 1.54) is 0 Å². The van der Waals surface area contributed by atoms with Crippen LogP contribution in [0.15, 0.2) is 182 Å². The quantitative estimate of drug-likeness (QED) is 0.146. The highest BCUT2D eigenvalue weighted by atomic mass is 19.4. The Morgan fingerprint density at radius 1 is 0.210 bits per heavy atom. The molecular formula is C70H30F27N3. The number of nitriles is 1. The van der Waals surface area contributed by atoms with Crippen LogP contribution in [-0.2, 0) is 55.6 Å². The number of nitrogens with zero attached hydrogens (tertiary/aromatic N) is 3. The smallest absolute Gasteiger partial charge is 0.308 e. The van der Waals surface area contributed by atoms with Crippen LogP contribution in [0, 0.1) is 11.3 Å². The molecule has 3 nitrogen and oxygen atoms in total. The van der Waals surface area contributed by atoms with Crippen molar-refractivity contribution in [3.8, 4) is 73.1 Å². The van der Waals surface area contributed by atoms with Gasteiger partial charge in [0.1, 0.15) is 5.56 Å². The second-order valence-electron chi connectivity index (χ2n) is 22.9. The minimum absolute atomic E-state index is 0.112. The number of alkyl halides is 27. The number of halogens is 27. The molecule has 100 heavy (non-hydrogen) atoms. The van der Waals surface area contributed by atoms with E-state index in [4.69, 9.17) is 0 Å². The Kier molecular flexibility index (Phi) is 16.1. The zero-order valence-corrected chi connectivity index (χ0v) is 48.9. The Morgan fingerprint density at radius 2 is 0.410 bits per heavy atom. The van der Waals surface area contributed by atoms with Gasteiger partial charge in [0.25, 0.3) is 0 Å². The maximum atomic E-state index is 17.4. The molecule has 30 heteroatoms. The van der Waals surface area contributed by atoms with E-state index >= 15 is 13.2 Å². The zero-order chi connectivity index (χ0) is 72.9. The van der Waals surface area contributed by atoms with E-state index in [-0.39, 0.29) is 105 Å². The van der Waals surface area contributed by atoms with Gasteiger partial charge in [-0.15, -0.1) is 0 Å². The summed E-state index contributed by atoms with van der Waals surface area (Å²) in [5, 5.41) is 8.62. The van der Waals surface area contributed by atoms with Gasteiger partial charge in [-0.25, -0.2) is 0 Å². The molecule has 0 aliphatic carbocycles. The summed E-state index contributed by atoms with van der Waals surface area (Å²) in [6, 6.07) is 19.3. The lowest BCUT2D eigenvalue weighted by Gasteiger charge is -2.23. The Labute approximate surface area is 541 Å². The summed E-state index contributed by atoms with van der Waals surface area (Å²) in [6.07, 6.45) is -50.1. The molecule has 0 bridgehead atoms. The molecule has 0 unspecified atom stereocenters. The molecule has 0 fully saturated rings. The minimum Gasteiger partial charge on any atom is -0.308 e. The zero-order valence-electron chi connectivity index (χ0n) is 48.9. The summed E-state index contributed by atoms with van der Waals surface area (Å²) in [4.78, 5) is 0. The van der Waals surface area contributed by atoms with Crippen molar-refractivity contribution in [1.29, 1.82) is 5.26 Å². The number of aromatic nitrogens is 2. The van der Waals surface area contributed by atoms with Crippen LogP contribution >= 0.6 is 0 Å². The number of rotatable bonds is 7. The van der Waals surface area contributed by atoms with Gasteiger partial charge < -0.3 is 9.13 Å². The Bertz CT molecular complexity index is 4650. The van der Waals surface area contributed by atoms with Crippen LogP contribution in [0.3, 0.4) is 0 Å². The average molecular weight is 1430 g/mol. The van der Waals surface area contributed by atoms with Crippen LogP contribution in [0.1, 0.15) is 55.6 Å². The third kappa shape index (κ3) is 13.1. The summed E-state index contributed by atoms with van der Waals surface area (Å²) in [6.45, 7) is 0. The molecule has 0 aliphatic rings. The third-order valence-electron chi connectivity index (χ3n) is 16.4. The van der Waals surface area contributed by atoms with Gasteiger partial charge in [0.15, 0.2) is 0 Å². The average Bonchev–Trinajstić information content (AvgIpc) is 1.56. The van der Waals surface area contributed by atoms with Gasteiger partial charge in [-0.3, -0.25) is 0 Å². The van der Waals surface area contributed by atoms with Gasteiger partial charge in [0.05, 0.1) is 89.6 Å². The van der Waals surface area contributed by atoms with Gasteiger partial charge in [-0.1, -0.05) is 60.7 Å². The standard InChI is InChI=1S/C70H30F27N3/c71-62(72,73)43-13-38(14-44(27-43)63(74,75)76)34-5-9-51-52-10-6-35(39-15-45(64(77,78)79)28-46(16-39)65(80,81)82)22-56(52)99(55(51)21-34)59-25-42(33-3-1-32(31-98)2-4-33)26-60(61(59)70(95,96)97)100-57-23-36(40-17-47(66(83,84)85)29-48(18-40)67(86,87)88)7-11-53(57)54-12-8-37(24-58(54)100)41-19-49(68(89,90)91)30-50(20-41)69(92,93)94/h1-30H. The predicted octanol–water partition coefficient (Wildman–Crippen LogP) is 25.3. The van der Waals surface area contributed by atoms with Crippen LogP contribution in [0.4, 0.5) is 119 Å². The Balaban J connectivity index is 1.29. The van der Waals surface area contributed by atoms with E-state index in [1.54, 1.807) is 6.07 Å². The highest BCUT2D eigenvalue weighted by molar-refractivity contribution is 6.13. The number of hydrogen-bond donors (Lipinski definition) is 0. The molecular weight excluding hydrogens is 1400 g/mol. The molecule has 0 N–H and O–H groups in total. The molecule has 0 spiro atoms. The van der Waals surface area contributed by atoms with E-state index in [0.29, 0.717) is 9.13 Å².